The molecule has 0 unspecified atom stereocenters. The van der Waals surface area contributed by atoms with E-state index in [1.807, 2.05) is 18.2 Å². The summed E-state index contributed by atoms with van der Waals surface area (Å²) >= 11 is 7.37. The normalized spacial score (nSPS) is 11.6. The summed E-state index contributed by atoms with van der Waals surface area (Å²) in [4.78, 5) is 5.51. The van der Waals surface area contributed by atoms with E-state index in [4.69, 9.17) is 17.3 Å². The van der Waals surface area contributed by atoms with Gasteiger partial charge in [-0.05, 0) is 41.6 Å². The molecule has 2 aromatic carbocycles. The van der Waals surface area contributed by atoms with Gasteiger partial charge in [0.15, 0.2) is 0 Å². The van der Waals surface area contributed by atoms with E-state index < -0.39 is 0 Å². The van der Waals surface area contributed by atoms with Gasteiger partial charge in [0.2, 0.25) is 0 Å². The zero-order chi connectivity index (χ0) is 13.7. The molecule has 2 rings (SSSR count). The molecule has 4 heteroatoms. The minimum atomic E-state index is 0.243. The van der Waals surface area contributed by atoms with Crippen LogP contribution in [0.1, 0.15) is 0 Å². The summed E-state index contributed by atoms with van der Waals surface area (Å²) in [6.07, 6.45) is 2.07. The van der Waals surface area contributed by atoms with Crippen LogP contribution in [0.25, 0.3) is 11.1 Å². The summed E-state index contributed by atoms with van der Waals surface area (Å²) in [5, 5.41) is 0. The molecule has 0 radical (unpaired) electrons. The number of benzene rings is 2. The van der Waals surface area contributed by atoms with Gasteiger partial charge in [-0.1, -0.05) is 24.3 Å². The fraction of sp³-hybridized carbons (Fsp3) is 0.133. The van der Waals surface area contributed by atoms with E-state index in [2.05, 4.69) is 41.6 Å². The molecule has 0 heterocycles. The Kier molecular flexibility index (Phi) is 4.88. The molecule has 19 heavy (non-hydrogen) atoms. The summed E-state index contributed by atoms with van der Waals surface area (Å²) in [7, 11) is 0. The Morgan fingerprint density at radius 1 is 1.16 bits per heavy atom. The third-order valence-electron chi connectivity index (χ3n) is 2.68. The van der Waals surface area contributed by atoms with Crippen molar-refractivity contribution in [2.45, 2.75) is 4.90 Å². The average Bonchev–Trinajstić information content (AvgIpc) is 2.47. The van der Waals surface area contributed by atoms with Crippen LogP contribution in [0.2, 0.25) is 0 Å². The molecule has 2 N–H and O–H groups in total. The van der Waals surface area contributed by atoms with E-state index in [0.717, 1.165) is 11.3 Å². The Bertz CT molecular complexity index is 579. The molecule has 0 aliphatic heterocycles. The van der Waals surface area contributed by atoms with Gasteiger partial charge in [0.25, 0.3) is 0 Å². The van der Waals surface area contributed by atoms with Crippen LogP contribution in [-0.2, 0) is 0 Å². The standard InChI is InChI=1S/C15H15ClN2S/c1-19-14-7-5-11(6-8-14)12-3-2-4-13(9-12)18-15(17)10-16/h2-9H,10H2,1H3,(H2,17,18). The summed E-state index contributed by atoms with van der Waals surface area (Å²) < 4.78 is 0. The van der Waals surface area contributed by atoms with Crippen molar-refractivity contribution in [3.05, 3.63) is 48.5 Å². The van der Waals surface area contributed by atoms with Gasteiger partial charge < -0.3 is 5.73 Å². The predicted octanol–water partition coefficient (Wildman–Crippen LogP) is 4.30. The topological polar surface area (TPSA) is 38.4 Å². The summed E-state index contributed by atoms with van der Waals surface area (Å²) in [5.74, 6) is 0.670. The van der Waals surface area contributed by atoms with E-state index in [1.54, 1.807) is 11.8 Å². The number of halogens is 1. The van der Waals surface area contributed by atoms with Gasteiger partial charge in [-0.25, -0.2) is 4.99 Å². The lowest BCUT2D eigenvalue weighted by Crippen LogP contribution is -2.12. The Morgan fingerprint density at radius 3 is 2.53 bits per heavy atom. The minimum absolute atomic E-state index is 0.243. The van der Waals surface area contributed by atoms with Crippen LogP contribution in [0.5, 0.6) is 0 Å². The summed E-state index contributed by atoms with van der Waals surface area (Å²) in [5.41, 5.74) is 8.76. The molecule has 0 aromatic heterocycles. The Hall–Kier alpha value is -1.45. The SMILES string of the molecule is CSc1ccc(-c2cccc(N=C(N)CCl)c2)cc1. The highest BCUT2D eigenvalue weighted by Gasteiger charge is 2.00. The van der Waals surface area contributed by atoms with Crippen molar-refractivity contribution >= 4 is 34.9 Å². The van der Waals surface area contributed by atoms with Crippen LogP contribution in [0.3, 0.4) is 0 Å². The van der Waals surface area contributed by atoms with Crippen LogP contribution in [0.15, 0.2) is 58.4 Å². The molecule has 0 aliphatic carbocycles. The van der Waals surface area contributed by atoms with E-state index in [-0.39, 0.29) is 5.88 Å². The highest BCUT2D eigenvalue weighted by Crippen LogP contribution is 2.26. The van der Waals surface area contributed by atoms with Crippen molar-refractivity contribution in [2.75, 3.05) is 12.1 Å². The minimum Gasteiger partial charge on any atom is -0.386 e. The lowest BCUT2D eigenvalue weighted by Gasteiger charge is -2.04. The highest BCUT2D eigenvalue weighted by atomic mass is 35.5. The number of nitrogens with two attached hydrogens (primary N) is 1. The number of hydrogen-bond donors (Lipinski definition) is 1. The fourth-order valence-electron chi connectivity index (χ4n) is 1.73. The van der Waals surface area contributed by atoms with E-state index in [9.17, 15) is 0 Å². The summed E-state index contributed by atoms with van der Waals surface area (Å²) in [6, 6.07) is 16.4. The van der Waals surface area contributed by atoms with Gasteiger partial charge >= 0.3 is 0 Å². The lowest BCUT2D eigenvalue weighted by atomic mass is 10.1. The second-order valence-corrected chi connectivity index (χ2v) is 5.16. The van der Waals surface area contributed by atoms with Gasteiger partial charge in [0, 0.05) is 4.90 Å². The molecule has 0 aliphatic rings. The van der Waals surface area contributed by atoms with Crippen molar-refractivity contribution in [1.29, 1.82) is 0 Å². The van der Waals surface area contributed by atoms with Crippen LogP contribution in [0.4, 0.5) is 5.69 Å². The van der Waals surface area contributed by atoms with Crippen molar-refractivity contribution in [3.8, 4) is 11.1 Å². The van der Waals surface area contributed by atoms with E-state index in [0.29, 0.717) is 5.84 Å². The zero-order valence-electron chi connectivity index (χ0n) is 10.6. The molecular weight excluding hydrogens is 276 g/mol. The van der Waals surface area contributed by atoms with Crippen molar-refractivity contribution in [2.24, 2.45) is 10.7 Å². The number of aliphatic imine (C=N–C) groups is 1. The molecule has 0 saturated carbocycles. The third kappa shape index (κ3) is 3.75. The van der Waals surface area contributed by atoms with Crippen LogP contribution in [-0.4, -0.2) is 18.0 Å². The maximum Gasteiger partial charge on any atom is 0.115 e. The maximum atomic E-state index is 5.65. The Labute approximate surface area is 122 Å². The van der Waals surface area contributed by atoms with E-state index >= 15 is 0 Å². The van der Waals surface area contributed by atoms with Gasteiger partial charge in [0.1, 0.15) is 5.84 Å². The lowest BCUT2D eigenvalue weighted by molar-refractivity contribution is 1.43. The van der Waals surface area contributed by atoms with Crippen molar-refractivity contribution < 1.29 is 0 Å². The Morgan fingerprint density at radius 2 is 1.89 bits per heavy atom. The third-order valence-corrected chi connectivity index (χ3v) is 3.70. The first-order chi connectivity index (χ1) is 9.22. The smallest absolute Gasteiger partial charge is 0.115 e. The molecule has 2 aromatic rings. The number of rotatable bonds is 4. The first-order valence-electron chi connectivity index (χ1n) is 5.86. The number of nitrogens with zero attached hydrogens (tertiary/aromatic N) is 1. The molecule has 2 nitrogen and oxygen atoms in total. The average molecular weight is 291 g/mol. The van der Waals surface area contributed by atoms with Crippen molar-refractivity contribution in [1.82, 2.24) is 0 Å². The molecular formula is C15H15ClN2S. The predicted molar refractivity (Wildman–Crippen MR) is 85.7 cm³/mol. The molecule has 0 amide bonds. The molecule has 0 spiro atoms. The molecule has 0 saturated heterocycles. The van der Waals surface area contributed by atoms with Gasteiger partial charge in [-0.2, -0.15) is 0 Å². The second kappa shape index (κ2) is 6.64. The van der Waals surface area contributed by atoms with Crippen LogP contribution >= 0.6 is 23.4 Å². The highest BCUT2D eigenvalue weighted by molar-refractivity contribution is 7.98. The zero-order valence-corrected chi connectivity index (χ0v) is 12.2. The fourth-order valence-corrected chi connectivity index (χ4v) is 2.20. The molecule has 0 atom stereocenters. The quantitative estimate of drug-likeness (QED) is 0.394. The monoisotopic (exact) mass is 290 g/mol. The van der Waals surface area contributed by atoms with Gasteiger partial charge in [0.05, 0.1) is 11.6 Å². The number of alkyl halides is 1. The van der Waals surface area contributed by atoms with Crippen molar-refractivity contribution in [3.63, 3.8) is 0 Å². The first-order valence-corrected chi connectivity index (χ1v) is 7.62. The molecule has 98 valence electrons. The van der Waals surface area contributed by atoms with Crippen LogP contribution < -0.4 is 5.73 Å². The summed E-state index contributed by atoms with van der Waals surface area (Å²) in [6.45, 7) is 0. The number of amidine groups is 1. The van der Waals surface area contributed by atoms with Gasteiger partial charge in [-0.15, -0.1) is 23.4 Å². The van der Waals surface area contributed by atoms with Gasteiger partial charge in [-0.3, -0.25) is 0 Å². The largest absolute Gasteiger partial charge is 0.386 e. The van der Waals surface area contributed by atoms with E-state index in [1.165, 1.54) is 10.5 Å². The number of hydrogen-bond acceptors (Lipinski definition) is 2. The van der Waals surface area contributed by atoms with Crippen LogP contribution in [0, 0.1) is 0 Å². The molecule has 0 fully saturated rings. The number of thioether (sulfide) groups is 1. The Balaban J connectivity index is 2.32. The first kappa shape index (κ1) is 14.0. The molecule has 0 bridgehead atoms. The second-order valence-electron chi connectivity index (χ2n) is 4.02. The maximum absolute atomic E-state index is 5.65.